The van der Waals surface area contributed by atoms with Crippen molar-refractivity contribution in [3.63, 3.8) is 0 Å². The van der Waals surface area contributed by atoms with Crippen LogP contribution < -0.4 is 15.5 Å². The van der Waals surface area contributed by atoms with Gasteiger partial charge in [0.05, 0.1) is 0 Å². The first kappa shape index (κ1) is 12.7. The Hall–Kier alpha value is -1.36. The minimum absolute atomic E-state index is 0.267. The third-order valence-electron chi connectivity index (χ3n) is 4.24. The SMILES string of the molecule is CC1CCN(c2ccnc(N3CCC(N)C3)n2)CC1. The summed E-state index contributed by atoms with van der Waals surface area (Å²) in [7, 11) is 0. The fraction of sp³-hybridized carbons (Fsp3) is 0.714. The standard InChI is InChI=1S/C14H23N5/c1-11-3-7-18(8-4-11)13-2-6-16-14(17-13)19-9-5-12(15)10-19/h2,6,11-12H,3-5,7-10,15H2,1H3. The van der Waals surface area contributed by atoms with Crippen molar-refractivity contribution in [1.82, 2.24) is 9.97 Å². The summed E-state index contributed by atoms with van der Waals surface area (Å²) in [6.07, 6.45) is 5.43. The molecule has 5 heteroatoms. The molecule has 0 aromatic carbocycles. The Labute approximate surface area is 114 Å². The van der Waals surface area contributed by atoms with Crippen molar-refractivity contribution >= 4 is 11.8 Å². The fourth-order valence-corrected chi connectivity index (χ4v) is 2.87. The molecule has 3 rings (SSSR count). The van der Waals surface area contributed by atoms with Crippen LogP contribution in [-0.4, -0.2) is 42.2 Å². The summed E-state index contributed by atoms with van der Waals surface area (Å²) in [5.41, 5.74) is 5.95. The maximum atomic E-state index is 5.95. The number of anilines is 2. The van der Waals surface area contributed by atoms with Gasteiger partial charge >= 0.3 is 0 Å². The molecular weight excluding hydrogens is 238 g/mol. The second-order valence-electron chi connectivity index (χ2n) is 5.88. The summed E-state index contributed by atoms with van der Waals surface area (Å²) in [6.45, 7) is 6.39. The molecule has 104 valence electrons. The van der Waals surface area contributed by atoms with Crippen molar-refractivity contribution in [3.05, 3.63) is 12.3 Å². The number of rotatable bonds is 2. The number of piperidine rings is 1. The Kier molecular flexibility index (Phi) is 3.55. The van der Waals surface area contributed by atoms with Crippen LogP contribution in [-0.2, 0) is 0 Å². The first-order chi connectivity index (χ1) is 9.22. The second-order valence-corrected chi connectivity index (χ2v) is 5.88. The highest BCUT2D eigenvalue weighted by atomic mass is 15.3. The average Bonchev–Trinajstić information content (AvgIpc) is 2.86. The van der Waals surface area contributed by atoms with Gasteiger partial charge in [0.15, 0.2) is 0 Å². The lowest BCUT2D eigenvalue weighted by Gasteiger charge is -2.31. The van der Waals surface area contributed by atoms with Crippen molar-refractivity contribution in [3.8, 4) is 0 Å². The smallest absolute Gasteiger partial charge is 0.227 e. The van der Waals surface area contributed by atoms with Crippen molar-refractivity contribution in [2.24, 2.45) is 11.7 Å². The Morgan fingerprint density at radius 1 is 1.16 bits per heavy atom. The summed E-state index contributed by atoms with van der Waals surface area (Å²) in [6, 6.07) is 2.29. The average molecular weight is 261 g/mol. The molecule has 0 radical (unpaired) electrons. The van der Waals surface area contributed by atoms with E-state index in [-0.39, 0.29) is 6.04 Å². The molecule has 1 aromatic heterocycles. The molecule has 1 aromatic rings. The van der Waals surface area contributed by atoms with Crippen LogP contribution in [0.3, 0.4) is 0 Å². The van der Waals surface area contributed by atoms with Gasteiger partial charge in [-0.25, -0.2) is 4.98 Å². The third kappa shape index (κ3) is 2.81. The van der Waals surface area contributed by atoms with E-state index >= 15 is 0 Å². The predicted octanol–water partition coefficient (Wildman–Crippen LogP) is 1.25. The van der Waals surface area contributed by atoms with Gasteiger partial charge in [-0.2, -0.15) is 4.98 Å². The molecule has 0 amide bonds. The largest absolute Gasteiger partial charge is 0.356 e. The van der Waals surface area contributed by atoms with Gasteiger partial charge < -0.3 is 15.5 Å². The number of nitrogens with two attached hydrogens (primary N) is 1. The minimum atomic E-state index is 0.267. The van der Waals surface area contributed by atoms with E-state index in [9.17, 15) is 0 Å². The minimum Gasteiger partial charge on any atom is -0.356 e. The van der Waals surface area contributed by atoms with E-state index in [4.69, 9.17) is 10.7 Å². The van der Waals surface area contributed by atoms with Crippen LogP contribution in [0.25, 0.3) is 0 Å². The molecule has 2 aliphatic rings. The van der Waals surface area contributed by atoms with Gasteiger partial charge in [0, 0.05) is 38.4 Å². The molecule has 2 N–H and O–H groups in total. The molecule has 2 aliphatic heterocycles. The maximum Gasteiger partial charge on any atom is 0.227 e. The Bertz CT molecular complexity index is 428. The van der Waals surface area contributed by atoms with Crippen LogP contribution in [0.2, 0.25) is 0 Å². The molecule has 0 aliphatic carbocycles. The summed E-state index contributed by atoms with van der Waals surface area (Å²) in [5, 5.41) is 0. The van der Waals surface area contributed by atoms with Crippen LogP contribution in [0.4, 0.5) is 11.8 Å². The van der Waals surface area contributed by atoms with Gasteiger partial charge in [-0.15, -0.1) is 0 Å². The van der Waals surface area contributed by atoms with Crippen LogP contribution in [0, 0.1) is 5.92 Å². The third-order valence-corrected chi connectivity index (χ3v) is 4.24. The van der Waals surface area contributed by atoms with E-state index in [0.717, 1.165) is 50.3 Å². The second kappa shape index (κ2) is 5.33. The van der Waals surface area contributed by atoms with Crippen LogP contribution in [0.5, 0.6) is 0 Å². The van der Waals surface area contributed by atoms with Gasteiger partial charge in [0.1, 0.15) is 5.82 Å². The highest BCUT2D eigenvalue weighted by Crippen LogP contribution is 2.23. The first-order valence-electron chi connectivity index (χ1n) is 7.31. The summed E-state index contributed by atoms with van der Waals surface area (Å²) in [4.78, 5) is 13.7. The van der Waals surface area contributed by atoms with Gasteiger partial charge in [-0.3, -0.25) is 0 Å². The summed E-state index contributed by atoms with van der Waals surface area (Å²) >= 11 is 0. The lowest BCUT2D eigenvalue weighted by atomic mass is 9.99. The molecule has 2 fully saturated rings. The molecule has 19 heavy (non-hydrogen) atoms. The van der Waals surface area contributed by atoms with Gasteiger partial charge in [-0.1, -0.05) is 6.92 Å². The highest BCUT2D eigenvalue weighted by molar-refractivity contribution is 5.44. The fourth-order valence-electron chi connectivity index (χ4n) is 2.87. The highest BCUT2D eigenvalue weighted by Gasteiger charge is 2.23. The maximum absolute atomic E-state index is 5.95. The van der Waals surface area contributed by atoms with Crippen molar-refractivity contribution < 1.29 is 0 Å². The number of hydrogen-bond donors (Lipinski definition) is 1. The van der Waals surface area contributed by atoms with E-state index in [0.29, 0.717) is 0 Å². The zero-order chi connectivity index (χ0) is 13.2. The molecule has 0 bridgehead atoms. The quantitative estimate of drug-likeness (QED) is 0.868. The first-order valence-corrected chi connectivity index (χ1v) is 7.31. The molecule has 5 nitrogen and oxygen atoms in total. The molecule has 2 saturated heterocycles. The van der Waals surface area contributed by atoms with Crippen molar-refractivity contribution in [2.45, 2.75) is 32.2 Å². The van der Waals surface area contributed by atoms with E-state index in [2.05, 4.69) is 21.7 Å². The monoisotopic (exact) mass is 261 g/mol. The lowest BCUT2D eigenvalue weighted by molar-refractivity contribution is 0.436. The normalized spacial score (nSPS) is 25.1. The van der Waals surface area contributed by atoms with Crippen molar-refractivity contribution in [2.75, 3.05) is 36.0 Å². The van der Waals surface area contributed by atoms with E-state index in [1.54, 1.807) is 0 Å². The molecule has 0 saturated carbocycles. The van der Waals surface area contributed by atoms with Crippen LogP contribution >= 0.6 is 0 Å². The zero-order valence-corrected chi connectivity index (χ0v) is 11.6. The Morgan fingerprint density at radius 3 is 2.58 bits per heavy atom. The zero-order valence-electron chi connectivity index (χ0n) is 11.6. The molecule has 0 spiro atoms. The number of hydrogen-bond acceptors (Lipinski definition) is 5. The number of aromatic nitrogens is 2. The van der Waals surface area contributed by atoms with E-state index < -0.39 is 0 Å². The molecule has 3 heterocycles. The predicted molar refractivity (Wildman–Crippen MR) is 77.4 cm³/mol. The summed E-state index contributed by atoms with van der Waals surface area (Å²) < 4.78 is 0. The van der Waals surface area contributed by atoms with Crippen LogP contribution in [0.1, 0.15) is 26.2 Å². The van der Waals surface area contributed by atoms with Gasteiger partial charge in [0.2, 0.25) is 5.95 Å². The Morgan fingerprint density at radius 2 is 1.89 bits per heavy atom. The molecule has 1 atom stereocenters. The number of nitrogens with zero attached hydrogens (tertiary/aromatic N) is 4. The van der Waals surface area contributed by atoms with Crippen molar-refractivity contribution in [1.29, 1.82) is 0 Å². The lowest BCUT2D eigenvalue weighted by Crippen LogP contribution is -2.34. The Balaban J connectivity index is 1.72. The van der Waals surface area contributed by atoms with Gasteiger partial charge in [0.25, 0.3) is 0 Å². The van der Waals surface area contributed by atoms with E-state index in [1.165, 1.54) is 12.8 Å². The topological polar surface area (TPSA) is 58.3 Å². The molecule has 1 unspecified atom stereocenters. The van der Waals surface area contributed by atoms with Crippen LogP contribution in [0.15, 0.2) is 12.3 Å². The summed E-state index contributed by atoms with van der Waals surface area (Å²) in [5.74, 6) is 2.75. The molecular formula is C14H23N5. The van der Waals surface area contributed by atoms with Gasteiger partial charge in [-0.05, 0) is 31.2 Å². The van der Waals surface area contributed by atoms with E-state index in [1.807, 2.05) is 12.3 Å².